The first kappa shape index (κ1) is 17.5. The average Bonchev–Trinajstić information content (AvgIpc) is 2.75. The number of thioether (sulfide) groups is 1. The van der Waals surface area contributed by atoms with Crippen LogP contribution >= 0.6 is 11.8 Å². The summed E-state index contributed by atoms with van der Waals surface area (Å²) in [6.45, 7) is 7.74. The number of hydrogen-bond donors (Lipinski definition) is 2. The molecule has 8 heteroatoms. The minimum atomic E-state index is -0.477. The van der Waals surface area contributed by atoms with Crippen molar-refractivity contribution in [1.29, 1.82) is 0 Å². The molecule has 0 aliphatic carbocycles. The summed E-state index contributed by atoms with van der Waals surface area (Å²) in [5, 5.41) is 9.47. The van der Waals surface area contributed by atoms with Crippen LogP contribution in [-0.4, -0.2) is 38.2 Å². The summed E-state index contributed by atoms with van der Waals surface area (Å²) in [6, 6.07) is -0.477. The average molecular weight is 314 g/mol. The molecule has 1 amide bonds. The van der Waals surface area contributed by atoms with E-state index in [1.54, 1.807) is 0 Å². The summed E-state index contributed by atoms with van der Waals surface area (Å²) >= 11 is 1.18. The number of hydrogen-bond acceptors (Lipinski definition) is 5. The van der Waals surface area contributed by atoms with E-state index in [0.29, 0.717) is 11.7 Å². The Morgan fingerprint density at radius 1 is 1.43 bits per heavy atom. The van der Waals surface area contributed by atoms with Gasteiger partial charge in [-0.15, -0.1) is 5.10 Å². The first-order valence-corrected chi connectivity index (χ1v) is 7.93. The molecule has 0 saturated heterocycles. The van der Waals surface area contributed by atoms with Gasteiger partial charge in [0.1, 0.15) is 0 Å². The van der Waals surface area contributed by atoms with Crippen LogP contribution in [0.1, 0.15) is 34.1 Å². The molecule has 1 heterocycles. The third kappa shape index (κ3) is 5.04. The molecule has 1 atom stereocenters. The van der Waals surface area contributed by atoms with Crippen molar-refractivity contribution in [3.8, 4) is 0 Å². The maximum absolute atomic E-state index is 11.9. The van der Waals surface area contributed by atoms with Gasteiger partial charge in [0.2, 0.25) is 5.91 Å². The van der Waals surface area contributed by atoms with Gasteiger partial charge in [-0.25, -0.2) is 9.89 Å². The van der Waals surface area contributed by atoms with E-state index in [9.17, 15) is 14.4 Å². The van der Waals surface area contributed by atoms with Crippen LogP contribution in [0.5, 0.6) is 0 Å². The lowest BCUT2D eigenvalue weighted by Gasteiger charge is -2.19. The zero-order chi connectivity index (χ0) is 16.0. The fourth-order valence-electron chi connectivity index (χ4n) is 1.92. The molecule has 2 N–H and O–H groups in total. The van der Waals surface area contributed by atoms with Gasteiger partial charge in [0.25, 0.3) is 0 Å². The third-order valence-corrected chi connectivity index (χ3v) is 3.90. The second-order valence-electron chi connectivity index (χ2n) is 5.15. The van der Waals surface area contributed by atoms with Crippen LogP contribution in [0.25, 0.3) is 0 Å². The smallest absolute Gasteiger partial charge is 0.343 e. The van der Waals surface area contributed by atoms with Gasteiger partial charge in [0.15, 0.2) is 10.9 Å². The Bertz CT molecular complexity index is 550. The Morgan fingerprint density at radius 2 is 2.10 bits per heavy atom. The van der Waals surface area contributed by atoms with Crippen LogP contribution in [0.15, 0.2) is 9.95 Å². The lowest BCUT2D eigenvalue weighted by molar-refractivity contribution is -0.126. The second-order valence-corrected chi connectivity index (χ2v) is 6.09. The van der Waals surface area contributed by atoms with Crippen molar-refractivity contribution in [2.45, 2.75) is 51.9 Å². The third-order valence-electron chi connectivity index (χ3n) is 2.92. The van der Waals surface area contributed by atoms with Crippen LogP contribution in [0.4, 0.5) is 0 Å². The van der Waals surface area contributed by atoms with E-state index in [1.165, 1.54) is 23.3 Å². The molecular weight excluding hydrogens is 292 g/mol. The second kappa shape index (κ2) is 8.02. The molecule has 1 rings (SSSR count). The summed E-state index contributed by atoms with van der Waals surface area (Å²) in [5.74, 6) is -0.150. The normalized spacial score (nSPS) is 12.4. The number of nitrogens with one attached hydrogen (secondary N) is 2. The highest BCUT2D eigenvalue weighted by atomic mass is 32.2. The van der Waals surface area contributed by atoms with Crippen molar-refractivity contribution >= 4 is 23.5 Å². The van der Waals surface area contributed by atoms with Crippen molar-refractivity contribution in [3.05, 3.63) is 10.5 Å². The molecule has 0 aliphatic heterocycles. The van der Waals surface area contributed by atoms with Gasteiger partial charge in [-0.1, -0.05) is 32.5 Å². The minimum absolute atomic E-state index is 0.0418. The first-order chi connectivity index (χ1) is 9.86. The number of Topliss-reactive ketones (excluding diaryl/α,β-unsaturated/α-hetero) is 1. The van der Waals surface area contributed by atoms with Crippen molar-refractivity contribution in [1.82, 2.24) is 20.1 Å². The van der Waals surface area contributed by atoms with E-state index in [-0.39, 0.29) is 29.1 Å². The van der Waals surface area contributed by atoms with Crippen LogP contribution < -0.4 is 11.0 Å². The van der Waals surface area contributed by atoms with E-state index in [4.69, 9.17) is 0 Å². The van der Waals surface area contributed by atoms with Crippen molar-refractivity contribution < 1.29 is 9.59 Å². The van der Waals surface area contributed by atoms with Gasteiger partial charge < -0.3 is 5.32 Å². The van der Waals surface area contributed by atoms with E-state index in [2.05, 4.69) is 15.5 Å². The Balaban J connectivity index is 2.61. The molecule has 118 valence electrons. The monoisotopic (exact) mass is 314 g/mol. The molecule has 0 unspecified atom stereocenters. The Kier molecular flexibility index (Phi) is 6.67. The fraction of sp³-hybridized carbons (Fsp3) is 0.692. The van der Waals surface area contributed by atoms with Gasteiger partial charge in [0, 0.05) is 6.54 Å². The summed E-state index contributed by atoms with van der Waals surface area (Å²) in [5.41, 5.74) is -0.274. The number of rotatable bonds is 8. The standard InChI is InChI=1S/C13H22N4O3S/c1-5-6-17-12(20)15-16-13(17)21-7-10(19)14-11(8(2)3)9(4)18/h8,11H,5-7H2,1-4H3,(H,14,19)(H,15,20)/t11-/m1/s1. The SMILES string of the molecule is CCCn1c(SCC(=O)N[C@@H](C(C)=O)C(C)C)n[nH]c1=O. The number of aromatic amines is 1. The molecule has 0 radical (unpaired) electrons. The molecule has 1 aromatic rings. The minimum Gasteiger partial charge on any atom is -0.345 e. The summed E-state index contributed by atoms with van der Waals surface area (Å²) in [7, 11) is 0. The molecule has 21 heavy (non-hydrogen) atoms. The van der Waals surface area contributed by atoms with Gasteiger partial charge in [-0.3, -0.25) is 14.2 Å². The Labute approximate surface area is 127 Å². The van der Waals surface area contributed by atoms with Gasteiger partial charge >= 0.3 is 5.69 Å². The predicted octanol–water partition coefficient (Wildman–Crippen LogP) is 0.803. The largest absolute Gasteiger partial charge is 0.345 e. The molecule has 0 bridgehead atoms. The van der Waals surface area contributed by atoms with Gasteiger partial charge in [-0.2, -0.15) is 0 Å². The molecule has 0 fully saturated rings. The zero-order valence-electron chi connectivity index (χ0n) is 12.8. The summed E-state index contributed by atoms with van der Waals surface area (Å²) < 4.78 is 1.50. The highest BCUT2D eigenvalue weighted by Gasteiger charge is 2.21. The summed E-state index contributed by atoms with van der Waals surface area (Å²) in [4.78, 5) is 34.9. The number of carbonyl (C=O) groups excluding carboxylic acids is 2. The quantitative estimate of drug-likeness (QED) is 0.692. The molecule has 0 aromatic carbocycles. The number of carbonyl (C=O) groups is 2. The van der Waals surface area contributed by atoms with Gasteiger partial charge in [-0.05, 0) is 19.3 Å². The highest BCUT2D eigenvalue weighted by Crippen LogP contribution is 2.13. The molecule has 0 saturated carbocycles. The number of ketones is 1. The number of nitrogens with zero attached hydrogens (tertiary/aromatic N) is 2. The van der Waals surface area contributed by atoms with Crippen LogP contribution in [0.2, 0.25) is 0 Å². The van der Waals surface area contributed by atoms with Crippen LogP contribution in [0, 0.1) is 5.92 Å². The van der Waals surface area contributed by atoms with Crippen LogP contribution in [-0.2, 0) is 16.1 Å². The fourth-order valence-corrected chi connectivity index (χ4v) is 2.70. The molecule has 0 aliphatic rings. The van der Waals surface area contributed by atoms with Crippen molar-refractivity contribution in [3.63, 3.8) is 0 Å². The zero-order valence-corrected chi connectivity index (χ0v) is 13.6. The van der Waals surface area contributed by atoms with Gasteiger partial charge in [0.05, 0.1) is 11.8 Å². The first-order valence-electron chi connectivity index (χ1n) is 6.94. The van der Waals surface area contributed by atoms with Crippen LogP contribution in [0.3, 0.4) is 0 Å². The maximum Gasteiger partial charge on any atom is 0.343 e. The van der Waals surface area contributed by atoms with E-state index >= 15 is 0 Å². The highest BCUT2D eigenvalue weighted by molar-refractivity contribution is 7.99. The predicted molar refractivity (Wildman–Crippen MR) is 81.3 cm³/mol. The lowest BCUT2D eigenvalue weighted by atomic mass is 10.0. The Morgan fingerprint density at radius 3 is 2.62 bits per heavy atom. The van der Waals surface area contributed by atoms with Crippen molar-refractivity contribution in [2.24, 2.45) is 5.92 Å². The topological polar surface area (TPSA) is 96.8 Å². The number of H-pyrrole nitrogens is 1. The van der Waals surface area contributed by atoms with E-state index in [1.807, 2.05) is 20.8 Å². The number of aromatic nitrogens is 3. The number of amides is 1. The molecule has 1 aromatic heterocycles. The molecule has 7 nitrogen and oxygen atoms in total. The van der Waals surface area contributed by atoms with E-state index in [0.717, 1.165) is 6.42 Å². The van der Waals surface area contributed by atoms with E-state index < -0.39 is 6.04 Å². The van der Waals surface area contributed by atoms with Crippen molar-refractivity contribution in [2.75, 3.05) is 5.75 Å². The Hall–Kier alpha value is -1.57. The summed E-state index contributed by atoms with van der Waals surface area (Å²) in [6.07, 6.45) is 0.805. The maximum atomic E-state index is 11.9. The lowest BCUT2D eigenvalue weighted by Crippen LogP contribution is -2.44. The molecular formula is C13H22N4O3S. The molecule has 0 spiro atoms.